The van der Waals surface area contributed by atoms with Crippen molar-refractivity contribution in [2.45, 2.75) is 19.4 Å². The van der Waals surface area contributed by atoms with Gasteiger partial charge in [0.1, 0.15) is 6.61 Å². The third kappa shape index (κ3) is 6.26. The maximum absolute atomic E-state index is 11.6. The fourth-order valence-electron chi connectivity index (χ4n) is 2.18. The number of aliphatic hydroxyl groups is 1. The topological polar surface area (TPSA) is 58.6 Å². The second-order valence-electron chi connectivity index (χ2n) is 5.15. The van der Waals surface area contributed by atoms with Crippen LogP contribution < -0.4 is 5.32 Å². The zero-order valence-corrected chi connectivity index (χ0v) is 12.9. The van der Waals surface area contributed by atoms with Crippen LogP contribution >= 0.6 is 0 Å². The number of aliphatic hydroxyl groups excluding tert-OH is 1. The summed E-state index contributed by atoms with van der Waals surface area (Å²) in [5.74, 6) is 0. The molecule has 0 aliphatic heterocycles. The van der Waals surface area contributed by atoms with Gasteiger partial charge in [0.2, 0.25) is 0 Å². The van der Waals surface area contributed by atoms with Crippen LogP contribution in [0.3, 0.4) is 0 Å². The van der Waals surface area contributed by atoms with Crippen LogP contribution in [0.5, 0.6) is 0 Å². The number of benzene rings is 2. The summed E-state index contributed by atoms with van der Waals surface area (Å²) in [4.78, 5) is 11.6. The smallest absolute Gasteiger partial charge is 0.407 e. The van der Waals surface area contributed by atoms with Crippen LogP contribution in [-0.2, 0) is 24.2 Å². The molecule has 2 N–H and O–H groups in total. The van der Waals surface area contributed by atoms with Crippen LogP contribution in [0.4, 0.5) is 4.79 Å². The Labute approximate surface area is 136 Å². The zero-order chi connectivity index (χ0) is 16.3. The fourth-order valence-corrected chi connectivity index (χ4v) is 2.18. The predicted molar refractivity (Wildman–Crippen MR) is 90.2 cm³/mol. The highest BCUT2D eigenvalue weighted by Gasteiger charge is 2.02. The van der Waals surface area contributed by atoms with E-state index in [0.717, 1.165) is 29.4 Å². The number of rotatable bonds is 7. The molecule has 0 spiro atoms. The number of hydrogen-bond acceptors (Lipinski definition) is 3. The lowest BCUT2D eigenvalue weighted by atomic mass is 10.1. The lowest BCUT2D eigenvalue weighted by molar-refractivity contribution is 0.140. The van der Waals surface area contributed by atoms with E-state index in [1.807, 2.05) is 48.5 Å². The van der Waals surface area contributed by atoms with E-state index in [9.17, 15) is 4.79 Å². The maximum Gasteiger partial charge on any atom is 0.407 e. The van der Waals surface area contributed by atoms with Gasteiger partial charge in [-0.2, -0.15) is 0 Å². The minimum Gasteiger partial charge on any atom is -0.516 e. The van der Waals surface area contributed by atoms with Crippen molar-refractivity contribution in [3.05, 3.63) is 83.6 Å². The van der Waals surface area contributed by atoms with Crippen molar-refractivity contribution in [1.29, 1.82) is 0 Å². The molecule has 0 heterocycles. The fraction of sp³-hybridized carbons (Fsp3) is 0.211. The SMILES string of the molecule is O=C(NCCc1cccc(CC=CO)c1)OCc1ccccc1. The molecule has 0 bridgehead atoms. The quantitative estimate of drug-likeness (QED) is 0.765. The van der Waals surface area contributed by atoms with Crippen molar-refractivity contribution in [2.75, 3.05) is 6.54 Å². The Morgan fingerprint density at radius 2 is 1.78 bits per heavy atom. The van der Waals surface area contributed by atoms with E-state index in [4.69, 9.17) is 9.84 Å². The molecule has 2 rings (SSSR count). The third-order valence-electron chi connectivity index (χ3n) is 3.35. The molecule has 0 aliphatic rings. The number of alkyl carbamates (subject to hydrolysis) is 1. The highest BCUT2D eigenvalue weighted by molar-refractivity contribution is 5.67. The van der Waals surface area contributed by atoms with E-state index in [1.54, 1.807) is 6.08 Å². The van der Waals surface area contributed by atoms with Gasteiger partial charge in [-0.1, -0.05) is 54.6 Å². The minimum atomic E-state index is -0.409. The van der Waals surface area contributed by atoms with Crippen LogP contribution in [0.15, 0.2) is 66.9 Å². The summed E-state index contributed by atoms with van der Waals surface area (Å²) < 4.78 is 5.16. The van der Waals surface area contributed by atoms with Gasteiger partial charge in [-0.15, -0.1) is 0 Å². The lowest BCUT2D eigenvalue weighted by Gasteiger charge is -2.08. The molecule has 0 atom stereocenters. The Bertz CT molecular complexity index is 638. The first-order valence-corrected chi connectivity index (χ1v) is 7.59. The van der Waals surface area contributed by atoms with E-state index in [1.165, 1.54) is 0 Å². The molecule has 0 saturated carbocycles. The first kappa shape index (κ1) is 16.6. The van der Waals surface area contributed by atoms with Gasteiger partial charge in [0.05, 0.1) is 6.26 Å². The monoisotopic (exact) mass is 311 g/mol. The molecule has 0 aliphatic carbocycles. The number of hydrogen-bond donors (Lipinski definition) is 2. The number of carbonyl (C=O) groups excluding carboxylic acids is 1. The highest BCUT2D eigenvalue weighted by atomic mass is 16.5. The number of carbonyl (C=O) groups is 1. The van der Waals surface area contributed by atoms with Gasteiger partial charge in [0.25, 0.3) is 0 Å². The summed E-state index contributed by atoms with van der Waals surface area (Å²) >= 11 is 0. The molecule has 23 heavy (non-hydrogen) atoms. The molecule has 1 amide bonds. The van der Waals surface area contributed by atoms with Crippen molar-refractivity contribution in [1.82, 2.24) is 5.32 Å². The summed E-state index contributed by atoms with van der Waals surface area (Å²) in [6.45, 7) is 0.794. The van der Waals surface area contributed by atoms with Gasteiger partial charge in [0.15, 0.2) is 0 Å². The largest absolute Gasteiger partial charge is 0.516 e. The Hall–Kier alpha value is -2.75. The minimum absolute atomic E-state index is 0.273. The van der Waals surface area contributed by atoms with Crippen LogP contribution in [0.25, 0.3) is 0 Å². The number of nitrogens with one attached hydrogen (secondary N) is 1. The zero-order valence-electron chi connectivity index (χ0n) is 12.9. The summed E-state index contributed by atoms with van der Waals surface area (Å²) in [6, 6.07) is 17.6. The van der Waals surface area contributed by atoms with E-state index in [-0.39, 0.29) is 6.61 Å². The van der Waals surface area contributed by atoms with Gasteiger partial charge in [-0.3, -0.25) is 0 Å². The second kappa shape index (κ2) is 9.30. The molecule has 0 fully saturated rings. The molecule has 2 aromatic carbocycles. The summed E-state index contributed by atoms with van der Waals surface area (Å²) in [5, 5.41) is 11.4. The Morgan fingerprint density at radius 1 is 1.04 bits per heavy atom. The summed E-state index contributed by atoms with van der Waals surface area (Å²) in [7, 11) is 0. The van der Waals surface area contributed by atoms with E-state index in [0.29, 0.717) is 13.0 Å². The Balaban J connectivity index is 1.71. The normalized spacial score (nSPS) is 10.6. The molecule has 4 nitrogen and oxygen atoms in total. The molecular weight excluding hydrogens is 290 g/mol. The van der Waals surface area contributed by atoms with Gasteiger partial charge >= 0.3 is 6.09 Å². The Kier molecular flexibility index (Phi) is 6.72. The standard InChI is InChI=1S/C19H21NO3/c21-13-5-10-16-8-4-9-17(14-16)11-12-20-19(22)23-15-18-6-2-1-3-7-18/h1-9,13-14,21H,10-12,15H2,(H,20,22). The third-order valence-corrected chi connectivity index (χ3v) is 3.35. The molecule has 4 heteroatoms. The van der Waals surface area contributed by atoms with Crippen molar-refractivity contribution in [2.24, 2.45) is 0 Å². The Morgan fingerprint density at radius 3 is 2.57 bits per heavy atom. The maximum atomic E-state index is 11.6. The molecule has 120 valence electrons. The van der Waals surface area contributed by atoms with Gasteiger partial charge in [-0.05, 0) is 35.6 Å². The van der Waals surface area contributed by atoms with Crippen LogP contribution in [-0.4, -0.2) is 17.7 Å². The first-order chi connectivity index (χ1) is 11.3. The van der Waals surface area contributed by atoms with E-state index >= 15 is 0 Å². The number of ether oxygens (including phenoxy) is 1. The first-order valence-electron chi connectivity index (χ1n) is 7.59. The van der Waals surface area contributed by atoms with E-state index < -0.39 is 6.09 Å². The summed E-state index contributed by atoms with van der Waals surface area (Å²) in [5.41, 5.74) is 3.23. The van der Waals surface area contributed by atoms with Crippen LogP contribution in [0.1, 0.15) is 16.7 Å². The number of amides is 1. The van der Waals surface area contributed by atoms with E-state index in [2.05, 4.69) is 11.4 Å². The number of allylic oxidation sites excluding steroid dienone is 1. The van der Waals surface area contributed by atoms with Gasteiger partial charge in [0, 0.05) is 6.54 Å². The van der Waals surface area contributed by atoms with Crippen molar-refractivity contribution < 1.29 is 14.6 Å². The van der Waals surface area contributed by atoms with Crippen LogP contribution in [0, 0.1) is 0 Å². The van der Waals surface area contributed by atoms with Gasteiger partial charge < -0.3 is 15.2 Å². The van der Waals surface area contributed by atoms with Crippen molar-refractivity contribution in [3.63, 3.8) is 0 Å². The predicted octanol–water partition coefficient (Wildman–Crippen LogP) is 3.77. The molecule has 0 aromatic heterocycles. The van der Waals surface area contributed by atoms with Crippen molar-refractivity contribution in [3.8, 4) is 0 Å². The molecule has 0 radical (unpaired) electrons. The average molecular weight is 311 g/mol. The van der Waals surface area contributed by atoms with Crippen LogP contribution in [0.2, 0.25) is 0 Å². The van der Waals surface area contributed by atoms with Crippen molar-refractivity contribution >= 4 is 6.09 Å². The van der Waals surface area contributed by atoms with Gasteiger partial charge in [-0.25, -0.2) is 4.79 Å². The molecule has 2 aromatic rings. The average Bonchev–Trinajstić information content (AvgIpc) is 2.59. The molecular formula is C19H21NO3. The second-order valence-corrected chi connectivity index (χ2v) is 5.15. The highest BCUT2D eigenvalue weighted by Crippen LogP contribution is 2.07. The molecule has 0 saturated heterocycles. The summed E-state index contributed by atoms with van der Waals surface area (Å²) in [6.07, 6.45) is 3.76. The molecule has 0 unspecified atom stereocenters. The lowest BCUT2D eigenvalue weighted by Crippen LogP contribution is -2.26.